The van der Waals surface area contributed by atoms with E-state index in [0.717, 1.165) is 37.7 Å². The van der Waals surface area contributed by atoms with E-state index < -0.39 is 30.1 Å². The minimum Gasteiger partial charge on any atom is -0.480 e. The minimum atomic E-state index is -1.14. The highest BCUT2D eigenvalue weighted by molar-refractivity contribution is 5.83. The predicted molar refractivity (Wildman–Crippen MR) is 113 cm³/mol. The first-order valence-corrected chi connectivity index (χ1v) is 10.6. The smallest absolute Gasteiger partial charge is 0.407 e. The van der Waals surface area contributed by atoms with Crippen molar-refractivity contribution in [1.29, 1.82) is 0 Å². The molecule has 1 aromatic carbocycles. The van der Waals surface area contributed by atoms with Crippen molar-refractivity contribution >= 4 is 18.0 Å². The Morgan fingerprint density at radius 2 is 1.70 bits per heavy atom. The standard InChI is InChI=1S/C22H34N2O6/c1-2-3-4-5-6-10-13-19(21(27)28)24-20(26)14-18(25)15-23-22(29)30-16-17-11-8-7-9-12-17/h7-9,11-12,18-19,25H,2-6,10,13-16H2,1H3,(H,23,29)(H,24,26)(H,27,28)/t18-,19-/m1/s1. The van der Waals surface area contributed by atoms with Gasteiger partial charge in [0.25, 0.3) is 0 Å². The number of unbranched alkanes of at least 4 members (excludes halogenated alkanes) is 5. The molecule has 1 aromatic rings. The molecule has 4 N–H and O–H groups in total. The summed E-state index contributed by atoms with van der Waals surface area (Å²) in [5.74, 6) is -1.66. The number of ether oxygens (including phenoxy) is 1. The zero-order valence-corrected chi connectivity index (χ0v) is 17.6. The average molecular weight is 423 g/mol. The fourth-order valence-corrected chi connectivity index (χ4v) is 2.90. The number of carboxylic acid groups (broad SMARTS) is 1. The van der Waals surface area contributed by atoms with Gasteiger partial charge in [-0.25, -0.2) is 9.59 Å². The summed E-state index contributed by atoms with van der Waals surface area (Å²) in [6.45, 7) is 2.06. The van der Waals surface area contributed by atoms with Gasteiger partial charge >= 0.3 is 12.1 Å². The monoisotopic (exact) mass is 422 g/mol. The van der Waals surface area contributed by atoms with E-state index in [2.05, 4.69) is 17.6 Å². The van der Waals surface area contributed by atoms with Crippen molar-refractivity contribution in [3.05, 3.63) is 35.9 Å². The Balaban J connectivity index is 2.23. The van der Waals surface area contributed by atoms with Gasteiger partial charge in [0.1, 0.15) is 12.6 Å². The second kappa shape index (κ2) is 15.3. The number of aliphatic hydroxyl groups is 1. The van der Waals surface area contributed by atoms with Crippen molar-refractivity contribution in [2.24, 2.45) is 0 Å². The van der Waals surface area contributed by atoms with Gasteiger partial charge in [-0.05, 0) is 12.0 Å². The van der Waals surface area contributed by atoms with Crippen LogP contribution in [-0.4, -0.2) is 46.9 Å². The number of carboxylic acids is 1. The third kappa shape index (κ3) is 12.1. The summed E-state index contributed by atoms with van der Waals surface area (Å²) in [7, 11) is 0. The van der Waals surface area contributed by atoms with Crippen molar-refractivity contribution in [1.82, 2.24) is 10.6 Å². The molecule has 30 heavy (non-hydrogen) atoms. The third-order valence-electron chi connectivity index (χ3n) is 4.60. The Hall–Kier alpha value is -2.61. The molecule has 0 radical (unpaired) electrons. The lowest BCUT2D eigenvalue weighted by Crippen LogP contribution is -2.43. The molecule has 168 valence electrons. The van der Waals surface area contributed by atoms with Crippen LogP contribution in [0.5, 0.6) is 0 Å². The van der Waals surface area contributed by atoms with E-state index in [1.54, 1.807) is 0 Å². The van der Waals surface area contributed by atoms with Crippen molar-refractivity contribution in [3.8, 4) is 0 Å². The first-order chi connectivity index (χ1) is 14.4. The van der Waals surface area contributed by atoms with Gasteiger partial charge in [0.2, 0.25) is 5.91 Å². The zero-order chi connectivity index (χ0) is 22.2. The van der Waals surface area contributed by atoms with Crippen molar-refractivity contribution in [2.45, 2.75) is 77.0 Å². The number of rotatable bonds is 15. The Morgan fingerprint density at radius 1 is 1.03 bits per heavy atom. The quantitative estimate of drug-likeness (QED) is 0.322. The molecule has 0 fully saturated rings. The molecule has 2 amide bonds. The molecule has 0 aliphatic rings. The second-order valence-corrected chi connectivity index (χ2v) is 7.32. The molecule has 8 heteroatoms. The number of aliphatic hydroxyl groups excluding tert-OH is 1. The number of amides is 2. The highest BCUT2D eigenvalue weighted by Crippen LogP contribution is 2.09. The van der Waals surface area contributed by atoms with Crippen LogP contribution in [0.15, 0.2) is 30.3 Å². The molecule has 8 nitrogen and oxygen atoms in total. The molecular weight excluding hydrogens is 388 g/mol. The van der Waals surface area contributed by atoms with Crippen LogP contribution in [0.2, 0.25) is 0 Å². The van der Waals surface area contributed by atoms with E-state index in [9.17, 15) is 24.6 Å². The number of alkyl carbamates (subject to hydrolysis) is 1. The molecule has 0 saturated heterocycles. The lowest BCUT2D eigenvalue weighted by atomic mass is 10.1. The lowest BCUT2D eigenvalue weighted by Gasteiger charge is -2.16. The molecule has 0 saturated carbocycles. The Bertz CT molecular complexity index is 638. The van der Waals surface area contributed by atoms with Gasteiger partial charge in [-0.2, -0.15) is 0 Å². The van der Waals surface area contributed by atoms with Crippen LogP contribution < -0.4 is 10.6 Å². The van der Waals surface area contributed by atoms with Crippen LogP contribution in [0.25, 0.3) is 0 Å². The summed E-state index contributed by atoms with van der Waals surface area (Å²) in [6.07, 6.45) is 4.36. The summed E-state index contributed by atoms with van der Waals surface area (Å²) in [6, 6.07) is 8.17. The Morgan fingerprint density at radius 3 is 2.37 bits per heavy atom. The summed E-state index contributed by atoms with van der Waals surface area (Å²) < 4.78 is 5.02. The van der Waals surface area contributed by atoms with E-state index in [4.69, 9.17) is 4.74 Å². The van der Waals surface area contributed by atoms with Crippen molar-refractivity contribution < 1.29 is 29.3 Å². The maximum Gasteiger partial charge on any atom is 0.407 e. The molecule has 0 aliphatic heterocycles. The fourth-order valence-electron chi connectivity index (χ4n) is 2.90. The number of hydrogen-bond donors (Lipinski definition) is 4. The third-order valence-corrected chi connectivity index (χ3v) is 4.60. The number of benzene rings is 1. The normalized spacial score (nSPS) is 12.6. The average Bonchev–Trinajstić information content (AvgIpc) is 2.72. The second-order valence-electron chi connectivity index (χ2n) is 7.32. The highest BCUT2D eigenvalue weighted by Gasteiger charge is 2.21. The van der Waals surface area contributed by atoms with Crippen LogP contribution in [0.3, 0.4) is 0 Å². The Labute approximate surface area is 178 Å². The molecule has 1 rings (SSSR count). The van der Waals surface area contributed by atoms with Crippen LogP contribution in [-0.2, 0) is 20.9 Å². The molecule has 0 unspecified atom stereocenters. The summed E-state index contributed by atoms with van der Waals surface area (Å²) in [4.78, 5) is 35.0. The van der Waals surface area contributed by atoms with E-state index in [0.29, 0.717) is 6.42 Å². The maximum absolute atomic E-state index is 12.0. The fraction of sp³-hybridized carbons (Fsp3) is 0.591. The van der Waals surface area contributed by atoms with E-state index in [1.807, 2.05) is 30.3 Å². The Kier molecular flexibility index (Phi) is 12.9. The highest BCUT2D eigenvalue weighted by atomic mass is 16.5. The van der Waals surface area contributed by atoms with Gasteiger partial charge in [-0.15, -0.1) is 0 Å². The molecule has 0 bridgehead atoms. The molecule has 0 aromatic heterocycles. The van der Waals surface area contributed by atoms with Gasteiger partial charge in [-0.1, -0.05) is 75.8 Å². The van der Waals surface area contributed by atoms with Crippen LogP contribution in [0, 0.1) is 0 Å². The van der Waals surface area contributed by atoms with Crippen LogP contribution in [0.4, 0.5) is 4.79 Å². The summed E-state index contributed by atoms with van der Waals surface area (Å²) in [5, 5.41) is 24.0. The number of carbonyl (C=O) groups excluding carboxylic acids is 2. The number of nitrogens with one attached hydrogen (secondary N) is 2. The molecule has 0 heterocycles. The van der Waals surface area contributed by atoms with Gasteiger partial charge < -0.3 is 25.6 Å². The van der Waals surface area contributed by atoms with Gasteiger partial charge in [0, 0.05) is 6.54 Å². The molecular formula is C22H34N2O6. The summed E-state index contributed by atoms with van der Waals surface area (Å²) >= 11 is 0. The predicted octanol–water partition coefficient (Wildman–Crippen LogP) is 2.98. The molecule has 0 aliphatic carbocycles. The first kappa shape index (κ1) is 25.4. The van der Waals surface area contributed by atoms with E-state index in [1.165, 1.54) is 6.42 Å². The minimum absolute atomic E-state index is 0.0992. The first-order valence-electron chi connectivity index (χ1n) is 10.6. The van der Waals surface area contributed by atoms with Crippen molar-refractivity contribution in [2.75, 3.05) is 6.54 Å². The largest absolute Gasteiger partial charge is 0.480 e. The number of carbonyl (C=O) groups is 3. The van der Waals surface area contributed by atoms with Gasteiger partial charge in [0.15, 0.2) is 0 Å². The number of aliphatic carboxylic acids is 1. The SMILES string of the molecule is CCCCCCCC[C@@H](NC(=O)C[C@@H](O)CNC(=O)OCc1ccccc1)C(=O)O. The van der Waals surface area contributed by atoms with Gasteiger partial charge in [-0.3, -0.25) is 4.79 Å². The lowest BCUT2D eigenvalue weighted by molar-refractivity contribution is -0.142. The zero-order valence-electron chi connectivity index (χ0n) is 17.6. The van der Waals surface area contributed by atoms with E-state index in [-0.39, 0.29) is 19.6 Å². The van der Waals surface area contributed by atoms with Crippen molar-refractivity contribution in [3.63, 3.8) is 0 Å². The molecule has 2 atom stereocenters. The topological polar surface area (TPSA) is 125 Å². The van der Waals surface area contributed by atoms with Crippen LogP contribution >= 0.6 is 0 Å². The van der Waals surface area contributed by atoms with E-state index >= 15 is 0 Å². The number of hydrogen-bond acceptors (Lipinski definition) is 5. The molecule has 0 spiro atoms. The maximum atomic E-state index is 12.0. The summed E-state index contributed by atoms with van der Waals surface area (Å²) in [5.41, 5.74) is 0.831. The van der Waals surface area contributed by atoms with Crippen LogP contribution in [0.1, 0.15) is 63.9 Å². The van der Waals surface area contributed by atoms with Gasteiger partial charge in [0.05, 0.1) is 12.5 Å².